The molecular weight excluding hydrogens is 513 g/mol. The number of aromatic nitrogens is 3. The summed E-state index contributed by atoms with van der Waals surface area (Å²) >= 11 is 0. The van der Waals surface area contributed by atoms with Crippen molar-refractivity contribution in [2.45, 2.75) is 44.2 Å². The molecule has 0 spiro atoms. The lowest BCUT2D eigenvalue weighted by atomic mass is 10.0. The third-order valence-electron chi connectivity index (χ3n) is 5.13. The molecule has 1 fully saturated rings. The molecule has 3 aromatic rings. The predicted molar refractivity (Wildman–Crippen MR) is 114 cm³/mol. The minimum absolute atomic E-state index is 0.142. The van der Waals surface area contributed by atoms with E-state index in [1.807, 2.05) is 5.10 Å². The molecule has 0 radical (unpaired) electrons. The zero-order valence-corrected chi connectivity index (χ0v) is 18.6. The highest BCUT2D eigenvalue weighted by molar-refractivity contribution is 5.34. The fraction of sp³-hybridized carbons (Fsp3) is 0.391. The first-order valence-corrected chi connectivity index (χ1v) is 10.4. The highest BCUT2D eigenvalue weighted by Gasteiger charge is 2.39. The molecule has 0 unspecified atom stereocenters. The van der Waals surface area contributed by atoms with E-state index in [1.165, 1.54) is 0 Å². The Hall–Kier alpha value is -3.23. The van der Waals surface area contributed by atoms with Crippen molar-refractivity contribution in [3.63, 3.8) is 0 Å². The molecule has 0 aliphatic carbocycles. The van der Waals surface area contributed by atoms with E-state index in [0.717, 1.165) is 31.2 Å². The highest BCUT2D eigenvalue weighted by atomic mass is 19.4. The average molecular weight is 540 g/mol. The number of benzene rings is 2. The lowest BCUT2D eigenvalue weighted by molar-refractivity contribution is -0.231. The van der Waals surface area contributed by atoms with E-state index in [9.17, 15) is 36.9 Å². The highest BCUT2D eigenvalue weighted by Crippen LogP contribution is 2.39. The zero-order valence-electron chi connectivity index (χ0n) is 24.6. The molecule has 2 aromatic carbocycles. The fourth-order valence-electron chi connectivity index (χ4n) is 3.39. The van der Waals surface area contributed by atoms with Gasteiger partial charge in [-0.05, 0) is 48.4 Å². The number of nitrogens with zero attached hydrogens (tertiary/aromatic N) is 2. The maximum atomic E-state index is 13.8. The van der Waals surface area contributed by atoms with E-state index in [1.54, 1.807) is 0 Å². The number of alkyl halides is 6. The van der Waals surface area contributed by atoms with Crippen LogP contribution in [0, 0.1) is 5.82 Å². The standard InChI is InChI=1S/C23H21F7N4O3/c1-12(14-8-15(22(25,26)27)10-16(9-14)23(28,29)30)37-20-19(13-2-4-17(24)5-3-13)34(6-7-36-20)11-18-31-21(35)33-32-18/h2-5,8-10,12,19-20H,6-7,11H2,1H3,(H2,31,32,33,35)/t12-,19+,20-/m1/s1/i6D2,7D2,19D,20D. The van der Waals surface area contributed by atoms with E-state index in [4.69, 9.17) is 16.3 Å². The summed E-state index contributed by atoms with van der Waals surface area (Å²) in [6.07, 6.45) is -15.9. The second kappa shape index (κ2) is 10.3. The third kappa shape index (κ3) is 6.37. The van der Waals surface area contributed by atoms with Crippen molar-refractivity contribution >= 4 is 0 Å². The van der Waals surface area contributed by atoms with Crippen LogP contribution in [0.2, 0.25) is 0 Å². The van der Waals surface area contributed by atoms with Gasteiger partial charge in [0.2, 0.25) is 0 Å². The first-order chi connectivity index (χ1) is 19.5. The summed E-state index contributed by atoms with van der Waals surface area (Å²) in [6.45, 7) is -6.90. The monoisotopic (exact) mass is 540 g/mol. The Morgan fingerprint density at radius 3 is 2.32 bits per heavy atom. The molecule has 0 bridgehead atoms. The van der Waals surface area contributed by atoms with Gasteiger partial charge in [0.15, 0.2) is 6.27 Å². The SMILES string of the molecule is [2H]C1([2H])O[C@]([2H])(O[C@H](C)c2cc(C(F)(F)F)cc(C(F)(F)F)c2)[C@]([2H])(c2ccc(F)cc2)N(Cc2n[nH]c(=O)[nH]2)C1([2H])[2H]. The van der Waals surface area contributed by atoms with Gasteiger partial charge in [-0.2, -0.15) is 31.4 Å². The first kappa shape index (κ1) is 19.8. The molecule has 1 aliphatic heterocycles. The summed E-state index contributed by atoms with van der Waals surface area (Å²) in [5, 5.41) is 5.58. The molecule has 7 nitrogen and oxygen atoms in total. The number of nitrogens with one attached hydrogen (secondary N) is 2. The molecule has 1 saturated heterocycles. The Balaban J connectivity index is 1.91. The van der Waals surface area contributed by atoms with Gasteiger partial charge in [-0.25, -0.2) is 14.3 Å². The van der Waals surface area contributed by atoms with Crippen molar-refractivity contribution < 1.29 is 48.4 Å². The van der Waals surface area contributed by atoms with Gasteiger partial charge in [0, 0.05) is 9.24 Å². The van der Waals surface area contributed by atoms with Crippen LogP contribution >= 0.6 is 0 Å². The number of hydrogen-bond acceptors (Lipinski definition) is 5. The van der Waals surface area contributed by atoms with Gasteiger partial charge in [-0.15, -0.1) is 0 Å². The van der Waals surface area contributed by atoms with Gasteiger partial charge in [0.25, 0.3) is 0 Å². The van der Waals surface area contributed by atoms with Gasteiger partial charge < -0.3 is 9.47 Å². The molecule has 2 heterocycles. The van der Waals surface area contributed by atoms with Crippen LogP contribution in [-0.2, 0) is 28.4 Å². The second-order valence-corrected chi connectivity index (χ2v) is 7.77. The van der Waals surface area contributed by atoms with E-state index < -0.39 is 84.1 Å². The molecule has 1 aliphatic rings. The molecule has 0 amide bonds. The van der Waals surface area contributed by atoms with Crippen LogP contribution in [0.25, 0.3) is 0 Å². The molecule has 4 rings (SSSR count). The normalized spacial score (nSPS) is 29.3. The van der Waals surface area contributed by atoms with Crippen LogP contribution in [-0.4, -0.2) is 39.4 Å². The maximum Gasteiger partial charge on any atom is 0.416 e. The van der Waals surface area contributed by atoms with Crippen molar-refractivity contribution in [1.29, 1.82) is 0 Å². The Morgan fingerprint density at radius 2 is 1.78 bits per heavy atom. The van der Waals surface area contributed by atoms with Crippen LogP contribution < -0.4 is 5.69 Å². The lowest BCUT2D eigenvalue weighted by Gasteiger charge is -2.41. The van der Waals surface area contributed by atoms with Gasteiger partial charge >= 0.3 is 18.0 Å². The number of halogens is 7. The van der Waals surface area contributed by atoms with Crippen LogP contribution in [0.1, 0.15) is 55.3 Å². The van der Waals surface area contributed by atoms with Crippen molar-refractivity contribution in [3.05, 3.63) is 86.8 Å². The zero-order chi connectivity index (χ0) is 32.4. The number of hydrogen-bond donors (Lipinski definition) is 2. The topological polar surface area (TPSA) is 83.2 Å². The van der Waals surface area contributed by atoms with Crippen LogP contribution in [0.4, 0.5) is 30.7 Å². The number of aromatic amines is 2. The summed E-state index contributed by atoms with van der Waals surface area (Å²) in [5.41, 5.74) is -5.58. The fourth-order valence-corrected chi connectivity index (χ4v) is 3.39. The minimum Gasteiger partial charge on any atom is -0.349 e. The van der Waals surface area contributed by atoms with Crippen molar-refractivity contribution in [3.8, 4) is 0 Å². The summed E-state index contributed by atoms with van der Waals surface area (Å²) < 4.78 is 157. The van der Waals surface area contributed by atoms with Crippen molar-refractivity contribution in [2.24, 2.45) is 0 Å². The Bertz CT molecular complexity index is 1520. The quantitative estimate of drug-likeness (QED) is 0.433. The summed E-state index contributed by atoms with van der Waals surface area (Å²) in [5.74, 6) is -1.22. The number of rotatable bonds is 6. The van der Waals surface area contributed by atoms with Crippen LogP contribution in [0.3, 0.4) is 0 Å². The van der Waals surface area contributed by atoms with E-state index in [-0.39, 0.29) is 11.9 Å². The maximum absolute atomic E-state index is 13.8. The molecule has 200 valence electrons. The smallest absolute Gasteiger partial charge is 0.349 e. The Kier molecular flexibility index (Phi) is 5.50. The van der Waals surface area contributed by atoms with Gasteiger partial charge in [0.05, 0.1) is 41.8 Å². The molecule has 3 atom stereocenters. The van der Waals surface area contributed by atoms with Crippen molar-refractivity contribution in [1.82, 2.24) is 20.1 Å². The Morgan fingerprint density at radius 1 is 1.16 bits per heavy atom. The molecule has 37 heavy (non-hydrogen) atoms. The summed E-state index contributed by atoms with van der Waals surface area (Å²) in [4.78, 5) is 14.1. The molecule has 0 saturated carbocycles. The summed E-state index contributed by atoms with van der Waals surface area (Å²) in [7, 11) is 0. The molecule has 1 aromatic heterocycles. The van der Waals surface area contributed by atoms with E-state index in [2.05, 4.69) is 10.1 Å². The average Bonchev–Trinajstić information content (AvgIpc) is 3.29. The first-order valence-electron chi connectivity index (χ1n) is 13.4. The second-order valence-electron chi connectivity index (χ2n) is 7.77. The third-order valence-corrected chi connectivity index (χ3v) is 5.13. The van der Waals surface area contributed by atoms with Crippen LogP contribution in [0.5, 0.6) is 0 Å². The number of morpholine rings is 1. The molecule has 2 N–H and O–H groups in total. The lowest BCUT2D eigenvalue weighted by Crippen LogP contribution is -2.46. The predicted octanol–water partition coefficient (Wildman–Crippen LogP) is 4.95. The van der Waals surface area contributed by atoms with Gasteiger partial charge in [-0.1, -0.05) is 12.1 Å². The largest absolute Gasteiger partial charge is 0.416 e. The van der Waals surface area contributed by atoms with Crippen LogP contribution in [0.15, 0.2) is 47.3 Å². The van der Waals surface area contributed by atoms with E-state index in [0.29, 0.717) is 17.0 Å². The molecule has 14 heteroatoms. The Labute approximate surface area is 213 Å². The minimum atomic E-state index is -5.24. The summed E-state index contributed by atoms with van der Waals surface area (Å²) in [6, 6.07) is 0.756. The molecular formula is C23H21F7N4O3. The van der Waals surface area contributed by atoms with Gasteiger partial charge in [-0.3, -0.25) is 9.88 Å². The van der Waals surface area contributed by atoms with Crippen molar-refractivity contribution in [2.75, 3.05) is 13.1 Å². The number of H-pyrrole nitrogens is 2. The van der Waals surface area contributed by atoms with Gasteiger partial charge in [0.1, 0.15) is 11.6 Å². The van der Waals surface area contributed by atoms with E-state index >= 15 is 0 Å². The number of ether oxygens (including phenoxy) is 2.